The fourth-order valence-corrected chi connectivity index (χ4v) is 2.70. The molecule has 0 aromatic rings. The molecule has 2 heteroatoms. The molecule has 2 nitrogen and oxygen atoms in total. The highest BCUT2D eigenvalue weighted by molar-refractivity contribution is 5.82. The molecular formula is C19H38O2. The highest BCUT2D eigenvalue weighted by Gasteiger charge is 2.13. The van der Waals surface area contributed by atoms with E-state index in [4.69, 9.17) is 0 Å². The molecule has 0 heterocycles. The summed E-state index contributed by atoms with van der Waals surface area (Å²) < 4.78 is 0. The third kappa shape index (κ3) is 14.3. The van der Waals surface area contributed by atoms with Crippen molar-refractivity contribution in [3.05, 3.63) is 0 Å². The molecule has 0 bridgehead atoms. The van der Waals surface area contributed by atoms with Crippen LogP contribution in [0.25, 0.3) is 0 Å². The van der Waals surface area contributed by atoms with Gasteiger partial charge in [-0.25, -0.2) is 0 Å². The fourth-order valence-electron chi connectivity index (χ4n) is 2.70. The number of hydrogen-bond donors (Lipinski definition) is 1. The van der Waals surface area contributed by atoms with Crippen molar-refractivity contribution in [2.75, 3.05) is 0 Å². The summed E-state index contributed by atoms with van der Waals surface area (Å²) in [6.45, 7) is 4.38. The Hall–Kier alpha value is -0.370. The van der Waals surface area contributed by atoms with Crippen molar-refractivity contribution in [1.82, 2.24) is 0 Å². The standard InChI is InChI=1S/C19H38O2/c1-3-5-7-8-9-10-11-12-13-15-17-19(21)18(20)16-14-6-4-2/h19,21H,3-17H2,1-2H3. The Morgan fingerprint density at radius 3 is 1.67 bits per heavy atom. The third-order valence-corrected chi connectivity index (χ3v) is 4.23. The molecule has 1 N–H and O–H groups in total. The molecule has 0 radical (unpaired) electrons. The fraction of sp³-hybridized carbons (Fsp3) is 0.947. The molecule has 0 aromatic carbocycles. The molecule has 0 amide bonds. The average molecular weight is 299 g/mol. The second-order valence-corrected chi connectivity index (χ2v) is 6.41. The molecule has 126 valence electrons. The van der Waals surface area contributed by atoms with E-state index in [2.05, 4.69) is 13.8 Å². The van der Waals surface area contributed by atoms with Gasteiger partial charge in [-0.05, 0) is 12.8 Å². The van der Waals surface area contributed by atoms with Gasteiger partial charge in [0.1, 0.15) is 6.10 Å². The summed E-state index contributed by atoms with van der Waals surface area (Å²) in [5.41, 5.74) is 0. The van der Waals surface area contributed by atoms with Gasteiger partial charge in [-0.1, -0.05) is 90.9 Å². The van der Waals surface area contributed by atoms with Gasteiger partial charge in [-0.15, -0.1) is 0 Å². The van der Waals surface area contributed by atoms with Crippen molar-refractivity contribution >= 4 is 5.78 Å². The lowest BCUT2D eigenvalue weighted by atomic mass is 10.0. The summed E-state index contributed by atoms with van der Waals surface area (Å²) in [6.07, 6.45) is 16.6. The summed E-state index contributed by atoms with van der Waals surface area (Å²) in [5.74, 6) is 0.0550. The maximum Gasteiger partial charge on any atom is 0.161 e. The molecule has 0 aliphatic carbocycles. The van der Waals surface area contributed by atoms with Crippen LogP contribution in [-0.2, 0) is 4.79 Å². The molecule has 0 aliphatic heterocycles. The van der Waals surface area contributed by atoms with Gasteiger partial charge in [0.25, 0.3) is 0 Å². The minimum absolute atomic E-state index is 0.0550. The highest BCUT2D eigenvalue weighted by atomic mass is 16.3. The normalized spacial score (nSPS) is 12.5. The number of unbranched alkanes of at least 4 members (excludes halogenated alkanes) is 11. The van der Waals surface area contributed by atoms with Crippen molar-refractivity contribution in [3.8, 4) is 0 Å². The average Bonchev–Trinajstić information content (AvgIpc) is 2.49. The van der Waals surface area contributed by atoms with Crippen LogP contribution < -0.4 is 0 Å². The molecular weight excluding hydrogens is 260 g/mol. The van der Waals surface area contributed by atoms with Crippen molar-refractivity contribution in [3.63, 3.8) is 0 Å². The molecule has 0 spiro atoms. The van der Waals surface area contributed by atoms with Gasteiger partial charge in [-0.3, -0.25) is 4.79 Å². The second kappa shape index (κ2) is 16.0. The van der Waals surface area contributed by atoms with Crippen LogP contribution in [0.15, 0.2) is 0 Å². The predicted molar refractivity (Wildman–Crippen MR) is 91.6 cm³/mol. The van der Waals surface area contributed by atoms with E-state index in [1.54, 1.807) is 0 Å². The summed E-state index contributed by atoms with van der Waals surface area (Å²) in [6, 6.07) is 0. The maximum absolute atomic E-state index is 11.7. The number of carbonyl (C=O) groups excluding carboxylic acids is 1. The summed E-state index contributed by atoms with van der Waals surface area (Å²) >= 11 is 0. The number of hydrogen-bond acceptors (Lipinski definition) is 2. The van der Waals surface area contributed by atoms with Crippen molar-refractivity contribution in [1.29, 1.82) is 0 Å². The molecule has 21 heavy (non-hydrogen) atoms. The zero-order chi connectivity index (χ0) is 15.8. The lowest BCUT2D eigenvalue weighted by Gasteiger charge is -2.09. The first-order valence-corrected chi connectivity index (χ1v) is 9.43. The summed E-state index contributed by atoms with van der Waals surface area (Å²) in [4.78, 5) is 11.7. The summed E-state index contributed by atoms with van der Waals surface area (Å²) in [7, 11) is 0. The Bertz CT molecular complexity index is 226. The lowest BCUT2D eigenvalue weighted by molar-refractivity contribution is -0.127. The number of aliphatic hydroxyl groups is 1. The van der Waals surface area contributed by atoms with Crippen molar-refractivity contribution < 1.29 is 9.90 Å². The Kier molecular flexibility index (Phi) is 15.7. The van der Waals surface area contributed by atoms with Crippen molar-refractivity contribution in [2.24, 2.45) is 0 Å². The monoisotopic (exact) mass is 298 g/mol. The number of carbonyl (C=O) groups is 1. The SMILES string of the molecule is CCCCCCCCCCCCC(O)C(=O)CCCCC. The molecule has 1 unspecified atom stereocenters. The smallest absolute Gasteiger partial charge is 0.161 e. The Morgan fingerprint density at radius 1 is 0.714 bits per heavy atom. The van der Waals surface area contributed by atoms with E-state index in [1.807, 2.05) is 0 Å². The van der Waals surface area contributed by atoms with Crippen LogP contribution >= 0.6 is 0 Å². The molecule has 0 fully saturated rings. The van der Waals surface area contributed by atoms with Gasteiger partial charge in [0.15, 0.2) is 5.78 Å². The van der Waals surface area contributed by atoms with E-state index in [1.165, 1.54) is 51.4 Å². The lowest BCUT2D eigenvalue weighted by Crippen LogP contribution is -2.19. The molecule has 1 atom stereocenters. The number of aliphatic hydroxyl groups excluding tert-OH is 1. The molecule has 0 aliphatic rings. The van der Waals surface area contributed by atoms with Crippen LogP contribution in [0.5, 0.6) is 0 Å². The molecule has 0 saturated carbocycles. The number of Topliss-reactive ketones (excluding diaryl/α,β-unsaturated/α-hetero) is 1. The molecule has 0 rings (SSSR count). The van der Waals surface area contributed by atoms with E-state index in [9.17, 15) is 9.90 Å². The minimum atomic E-state index is -0.698. The van der Waals surface area contributed by atoms with Crippen LogP contribution in [0.3, 0.4) is 0 Å². The first kappa shape index (κ1) is 20.6. The van der Waals surface area contributed by atoms with Crippen molar-refractivity contribution in [2.45, 2.75) is 116 Å². The van der Waals surface area contributed by atoms with Crippen LogP contribution in [0.4, 0.5) is 0 Å². The van der Waals surface area contributed by atoms with E-state index in [0.29, 0.717) is 12.8 Å². The zero-order valence-corrected chi connectivity index (χ0v) is 14.5. The Labute approximate surface area is 132 Å². The summed E-state index contributed by atoms with van der Waals surface area (Å²) in [5, 5.41) is 9.79. The van der Waals surface area contributed by atoms with Gasteiger partial charge < -0.3 is 5.11 Å². The van der Waals surface area contributed by atoms with E-state index >= 15 is 0 Å². The van der Waals surface area contributed by atoms with Crippen LogP contribution in [0.1, 0.15) is 110 Å². The Balaban J connectivity index is 3.28. The minimum Gasteiger partial charge on any atom is -0.385 e. The molecule has 0 aromatic heterocycles. The van der Waals surface area contributed by atoms with Crippen LogP contribution in [0, 0.1) is 0 Å². The quantitative estimate of drug-likeness (QED) is 0.365. The third-order valence-electron chi connectivity index (χ3n) is 4.23. The topological polar surface area (TPSA) is 37.3 Å². The number of ketones is 1. The maximum atomic E-state index is 11.7. The van der Waals surface area contributed by atoms with Gasteiger partial charge in [0, 0.05) is 6.42 Å². The largest absolute Gasteiger partial charge is 0.385 e. The first-order valence-electron chi connectivity index (χ1n) is 9.43. The van der Waals surface area contributed by atoms with Gasteiger partial charge in [0.2, 0.25) is 0 Å². The van der Waals surface area contributed by atoms with Gasteiger partial charge in [-0.2, -0.15) is 0 Å². The van der Waals surface area contributed by atoms with E-state index in [0.717, 1.165) is 32.1 Å². The number of rotatable bonds is 16. The zero-order valence-electron chi connectivity index (χ0n) is 14.5. The molecule has 0 saturated heterocycles. The highest BCUT2D eigenvalue weighted by Crippen LogP contribution is 2.13. The second-order valence-electron chi connectivity index (χ2n) is 6.41. The van der Waals surface area contributed by atoms with Gasteiger partial charge in [0.05, 0.1) is 0 Å². The van der Waals surface area contributed by atoms with E-state index in [-0.39, 0.29) is 5.78 Å². The van der Waals surface area contributed by atoms with Crippen LogP contribution in [0.2, 0.25) is 0 Å². The van der Waals surface area contributed by atoms with Crippen LogP contribution in [-0.4, -0.2) is 17.0 Å². The predicted octanol–water partition coefficient (Wildman–Crippen LogP) is 5.81. The Morgan fingerprint density at radius 2 is 1.14 bits per heavy atom. The first-order chi connectivity index (χ1) is 10.2. The van der Waals surface area contributed by atoms with E-state index < -0.39 is 6.10 Å². The van der Waals surface area contributed by atoms with Gasteiger partial charge >= 0.3 is 0 Å².